The summed E-state index contributed by atoms with van der Waals surface area (Å²) in [6.07, 6.45) is 7.03. The number of amides is 1. The third-order valence-electron chi connectivity index (χ3n) is 3.29. The molecule has 1 aliphatic carbocycles. The minimum absolute atomic E-state index is 0. The number of nitrogens with two attached hydrogens (primary N) is 1. The molecule has 96 valence electrons. The van der Waals surface area contributed by atoms with E-state index in [-0.39, 0.29) is 18.3 Å². The monoisotopic (exact) mass is 248 g/mol. The second-order valence-electron chi connectivity index (χ2n) is 4.82. The van der Waals surface area contributed by atoms with Crippen molar-refractivity contribution in [3.05, 3.63) is 0 Å². The summed E-state index contributed by atoms with van der Waals surface area (Å²) < 4.78 is 0. The van der Waals surface area contributed by atoms with Gasteiger partial charge < -0.3 is 11.1 Å². The van der Waals surface area contributed by atoms with E-state index in [9.17, 15) is 4.79 Å². The lowest BCUT2D eigenvalue weighted by atomic mass is 9.81. The van der Waals surface area contributed by atoms with E-state index in [1.165, 1.54) is 25.7 Å². The maximum Gasteiger partial charge on any atom is 0.221 e. The molecule has 0 aliphatic heterocycles. The summed E-state index contributed by atoms with van der Waals surface area (Å²) in [6.45, 7) is 3.61. The van der Waals surface area contributed by atoms with Crippen LogP contribution in [0.3, 0.4) is 0 Å². The van der Waals surface area contributed by atoms with Gasteiger partial charge in [0.05, 0.1) is 0 Å². The highest BCUT2D eigenvalue weighted by Crippen LogP contribution is 2.30. The van der Waals surface area contributed by atoms with E-state index in [0.29, 0.717) is 13.0 Å². The Morgan fingerprint density at radius 1 is 1.44 bits per heavy atom. The van der Waals surface area contributed by atoms with E-state index in [1.807, 2.05) is 0 Å². The normalized spacial score (nSPS) is 24.6. The van der Waals surface area contributed by atoms with Crippen molar-refractivity contribution in [2.45, 2.75) is 45.4 Å². The van der Waals surface area contributed by atoms with E-state index < -0.39 is 0 Å². The van der Waals surface area contributed by atoms with E-state index in [0.717, 1.165) is 24.8 Å². The fraction of sp³-hybridized carbons (Fsp3) is 0.917. The van der Waals surface area contributed by atoms with Crippen molar-refractivity contribution in [2.24, 2.45) is 17.6 Å². The number of hydrogen-bond acceptors (Lipinski definition) is 2. The zero-order valence-corrected chi connectivity index (χ0v) is 11.0. The van der Waals surface area contributed by atoms with Gasteiger partial charge in [0.25, 0.3) is 0 Å². The predicted molar refractivity (Wildman–Crippen MR) is 69.7 cm³/mol. The largest absolute Gasteiger partial charge is 0.356 e. The first-order valence-electron chi connectivity index (χ1n) is 6.19. The van der Waals surface area contributed by atoms with Crippen LogP contribution >= 0.6 is 12.4 Å². The third-order valence-corrected chi connectivity index (χ3v) is 3.29. The molecule has 0 heterocycles. The molecule has 1 fully saturated rings. The summed E-state index contributed by atoms with van der Waals surface area (Å²) in [5, 5.41) is 2.93. The minimum Gasteiger partial charge on any atom is -0.356 e. The van der Waals surface area contributed by atoms with Gasteiger partial charge in [0, 0.05) is 19.5 Å². The molecule has 1 aliphatic rings. The molecule has 2 unspecified atom stereocenters. The molecule has 0 radical (unpaired) electrons. The van der Waals surface area contributed by atoms with Crippen LogP contribution in [0.1, 0.15) is 45.4 Å². The van der Waals surface area contributed by atoms with Gasteiger partial charge in [0.15, 0.2) is 0 Å². The molecule has 16 heavy (non-hydrogen) atoms. The van der Waals surface area contributed by atoms with Crippen LogP contribution in [0.4, 0.5) is 0 Å². The molecule has 0 bridgehead atoms. The smallest absolute Gasteiger partial charge is 0.221 e. The van der Waals surface area contributed by atoms with Crippen LogP contribution in [-0.4, -0.2) is 19.0 Å². The molecule has 0 saturated heterocycles. The average Bonchev–Trinajstić information content (AvgIpc) is 2.18. The van der Waals surface area contributed by atoms with Gasteiger partial charge in [-0.25, -0.2) is 0 Å². The number of halogens is 1. The Balaban J connectivity index is 0.00000225. The zero-order valence-electron chi connectivity index (χ0n) is 10.2. The van der Waals surface area contributed by atoms with Gasteiger partial charge in [0.2, 0.25) is 5.91 Å². The Morgan fingerprint density at radius 2 is 2.19 bits per heavy atom. The highest BCUT2D eigenvalue weighted by molar-refractivity contribution is 5.85. The van der Waals surface area contributed by atoms with Gasteiger partial charge in [0.1, 0.15) is 0 Å². The first-order valence-corrected chi connectivity index (χ1v) is 6.19. The second kappa shape index (κ2) is 8.82. The third kappa shape index (κ3) is 6.33. The van der Waals surface area contributed by atoms with Crippen molar-refractivity contribution < 1.29 is 4.79 Å². The van der Waals surface area contributed by atoms with E-state index >= 15 is 0 Å². The SMILES string of the molecule is CC1CCCC(CCNC(=O)CCN)C1.Cl. The molecule has 1 amide bonds. The van der Waals surface area contributed by atoms with Gasteiger partial charge in [-0.3, -0.25) is 4.79 Å². The Bertz CT molecular complexity index is 199. The van der Waals surface area contributed by atoms with E-state index in [4.69, 9.17) is 5.73 Å². The summed E-state index contributed by atoms with van der Waals surface area (Å²) in [7, 11) is 0. The average molecular weight is 249 g/mol. The summed E-state index contributed by atoms with van der Waals surface area (Å²) >= 11 is 0. The second-order valence-corrected chi connectivity index (χ2v) is 4.82. The Labute approximate surface area is 105 Å². The van der Waals surface area contributed by atoms with Crippen LogP contribution in [0.5, 0.6) is 0 Å². The molecule has 0 spiro atoms. The van der Waals surface area contributed by atoms with Gasteiger partial charge in [-0.1, -0.05) is 26.2 Å². The van der Waals surface area contributed by atoms with Gasteiger partial charge in [-0.15, -0.1) is 12.4 Å². The maximum absolute atomic E-state index is 11.2. The number of rotatable bonds is 5. The van der Waals surface area contributed by atoms with Crippen molar-refractivity contribution in [3.63, 3.8) is 0 Å². The summed E-state index contributed by atoms with van der Waals surface area (Å²) in [5.74, 6) is 1.80. The predicted octanol–water partition coefficient (Wildman–Crippen LogP) is 2.09. The van der Waals surface area contributed by atoms with Gasteiger partial charge >= 0.3 is 0 Å². The lowest BCUT2D eigenvalue weighted by Gasteiger charge is -2.26. The van der Waals surface area contributed by atoms with Crippen LogP contribution in [0.15, 0.2) is 0 Å². The fourth-order valence-corrected chi connectivity index (χ4v) is 2.46. The lowest BCUT2D eigenvalue weighted by molar-refractivity contribution is -0.120. The van der Waals surface area contributed by atoms with Crippen molar-refractivity contribution in [3.8, 4) is 0 Å². The number of hydrogen-bond donors (Lipinski definition) is 2. The standard InChI is InChI=1S/C12H24N2O.ClH/c1-10-3-2-4-11(9-10)6-8-14-12(15)5-7-13;/h10-11H,2-9,13H2,1H3,(H,14,15);1H. The fourth-order valence-electron chi connectivity index (χ4n) is 2.46. The molecule has 0 aromatic carbocycles. The van der Waals surface area contributed by atoms with Gasteiger partial charge in [-0.05, 0) is 24.7 Å². The van der Waals surface area contributed by atoms with Crippen LogP contribution in [0.25, 0.3) is 0 Å². The maximum atomic E-state index is 11.2. The molecule has 1 saturated carbocycles. The van der Waals surface area contributed by atoms with Crippen molar-refractivity contribution in [2.75, 3.05) is 13.1 Å². The molecule has 3 nitrogen and oxygen atoms in total. The summed E-state index contributed by atoms with van der Waals surface area (Å²) in [5.41, 5.74) is 5.30. The zero-order chi connectivity index (χ0) is 11.1. The molecule has 3 N–H and O–H groups in total. The summed E-state index contributed by atoms with van der Waals surface area (Å²) in [6, 6.07) is 0. The highest BCUT2D eigenvalue weighted by atomic mass is 35.5. The molecule has 4 heteroatoms. The topological polar surface area (TPSA) is 55.1 Å². The Morgan fingerprint density at radius 3 is 2.81 bits per heavy atom. The lowest BCUT2D eigenvalue weighted by Crippen LogP contribution is -2.28. The number of carbonyl (C=O) groups excluding carboxylic acids is 1. The Kier molecular flexibility index (Phi) is 8.67. The van der Waals surface area contributed by atoms with Crippen LogP contribution in [0, 0.1) is 11.8 Å². The molecule has 0 aromatic rings. The van der Waals surface area contributed by atoms with E-state index in [2.05, 4.69) is 12.2 Å². The Hall–Kier alpha value is -0.280. The summed E-state index contributed by atoms with van der Waals surface area (Å²) in [4.78, 5) is 11.2. The van der Waals surface area contributed by atoms with Crippen LogP contribution < -0.4 is 11.1 Å². The van der Waals surface area contributed by atoms with Crippen molar-refractivity contribution in [1.82, 2.24) is 5.32 Å². The minimum atomic E-state index is 0. The number of nitrogens with one attached hydrogen (secondary N) is 1. The molecular formula is C12H25ClN2O. The first kappa shape index (κ1) is 15.7. The highest BCUT2D eigenvalue weighted by Gasteiger charge is 2.18. The van der Waals surface area contributed by atoms with E-state index in [1.54, 1.807) is 0 Å². The number of carbonyl (C=O) groups is 1. The van der Waals surface area contributed by atoms with Crippen LogP contribution in [-0.2, 0) is 4.79 Å². The molecular weight excluding hydrogens is 224 g/mol. The molecule has 1 rings (SSSR count). The van der Waals surface area contributed by atoms with Crippen molar-refractivity contribution >= 4 is 18.3 Å². The molecule has 2 atom stereocenters. The first-order chi connectivity index (χ1) is 7.22. The van der Waals surface area contributed by atoms with Gasteiger partial charge in [-0.2, -0.15) is 0 Å². The van der Waals surface area contributed by atoms with Crippen molar-refractivity contribution in [1.29, 1.82) is 0 Å². The van der Waals surface area contributed by atoms with Crippen LogP contribution in [0.2, 0.25) is 0 Å². The quantitative estimate of drug-likeness (QED) is 0.783. The molecule has 0 aromatic heterocycles.